The Hall–Kier alpha value is -0.120. The number of nitrogens with one attached hydrogen (secondary N) is 1. The summed E-state index contributed by atoms with van der Waals surface area (Å²) in [5.41, 5.74) is 0. The molecule has 1 aliphatic carbocycles. The van der Waals surface area contributed by atoms with Gasteiger partial charge in [-0.3, -0.25) is 4.90 Å². The molecular formula is C18H36N2O. The molecule has 1 saturated carbocycles. The summed E-state index contributed by atoms with van der Waals surface area (Å²) < 4.78 is 5.67. The molecule has 0 radical (unpaired) electrons. The van der Waals surface area contributed by atoms with Crippen molar-refractivity contribution in [3.8, 4) is 0 Å². The van der Waals surface area contributed by atoms with Crippen molar-refractivity contribution in [1.82, 2.24) is 10.2 Å². The van der Waals surface area contributed by atoms with E-state index in [-0.39, 0.29) is 0 Å². The van der Waals surface area contributed by atoms with Crippen LogP contribution in [0.2, 0.25) is 0 Å². The predicted octanol–water partition coefficient (Wildman–Crippen LogP) is 3.58. The van der Waals surface area contributed by atoms with E-state index in [1.807, 2.05) is 0 Å². The average Bonchev–Trinajstić information content (AvgIpc) is 3.33. The Bertz CT molecular complexity index is 256. The second-order valence-corrected chi connectivity index (χ2v) is 6.92. The van der Waals surface area contributed by atoms with Gasteiger partial charge in [-0.05, 0) is 25.8 Å². The summed E-state index contributed by atoms with van der Waals surface area (Å²) in [4.78, 5) is 2.66. The molecule has 2 rings (SSSR count). The first kappa shape index (κ1) is 17.2. The Kier molecular flexibility index (Phi) is 8.68. The van der Waals surface area contributed by atoms with Gasteiger partial charge < -0.3 is 10.1 Å². The Morgan fingerprint density at radius 3 is 2.43 bits per heavy atom. The highest BCUT2D eigenvalue weighted by atomic mass is 16.5. The summed E-state index contributed by atoms with van der Waals surface area (Å²) in [6.07, 6.45) is 14.1. The molecule has 1 saturated heterocycles. The quantitative estimate of drug-likeness (QED) is 0.557. The number of hydrogen-bond donors (Lipinski definition) is 1. The van der Waals surface area contributed by atoms with Gasteiger partial charge in [0.15, 0.2) is 0 Å². The van der Waals surface area contributed by atoms with Gasteiger partial charge in [-0.25, -0.2) is 0 Å². The maximum absolute atomic E-state index is 5.67. The molecule has 0 aromatic carbocycles. The normalized spacial score (nSPS) is 23.6. The molecule has 1 N–H and O–H groups in total. The Morgan fingerprint density at radius 1 is 1.00 bits per heavy atom. The summed E-state index contributed by atoms with van der Waals surface area (Å²) in [5.74, 6) is 0. The van der Waals surface area contributed by atoms with Crippen molar-refractivity contribution in [3.63, 3.8) is 0 Å². The van der Waals surface area contributed by atoms with Crippen molar-refractivity contribution in [3.05, 3.63) is 0 Å². The van der Waals surface area contributed by atoms with Gasteiger partial charge in [0.1, 0.15) is 0 Å². The third-order valence-corrected chi connectivity index (χ3v) is 4.87. The number of rotatable bonds is 12. The molecule has 2 fully saturated rings. The van der Waals surface area contributed by atoms with Gasteiger partial charge in [-0.1, -0.05) is 51.9 Å². The standard InChI is InChI=1S/C18H36N2O/c1-2-3-4-5-6-7-8-9-12-20-13-14-21-16-18(20)15-19-17-10-11-17/h17-19H,2-16H2,1H3. The average molecular weight is 296 g/mol. The SMILES string of the molecule is CCCCCCCCCCN1CCOCC1CNC1CC1. The van der Waals surface area contributed by atoms with E-state index in [4.69, 9.17) is 4.74 Å². The van der Waals surface area contributed by atoms with Crippen LogP contribution in [0.3, 0.4) is 0 Å². The van der Waals surface area contributed by atoms with Crippen LogP contribution in [0.25, 0.3) is 0 Å². The Labute approximate surface area is 131 Å². The summed E-state index contributed by atoms with van der Waals surface area (Å²) in [5, 5.41) is 3.66. The molecule has 1 atom stereocenters. The lowest BCUT2D eigenvalue weighted by Gasteiger charge is -2.35. The molecule has 0 aromatic heterocycles. The van der Waals surface area contributed by atoms with E-state index in [0.717, 1.165) is 32.3 Å². The summed E-state index contributed by atoms with van der Waals surface area (Å²) >= 11 is 0. The number of ether oxygens (including phenoxy) is 1. The van der Waals surface area contributed by atoms with Gasteiger partial charge >= 0.3 is 0 Å². The number of morpholine rings is 1. The molecule has 1 aliphatic heterocycles. The van der Waals surface area contributed by atoms with E-state index >= 15 is 0 Å². The summed E-state index contributed by atoms with van der Waals surface area (Å²) in [6, 6.07) is 1.43. The van der Waals surface area contributed by atoms with Crippen LogP contribution in [0.4, 0.5) is 0 Å². The van der Waals surface area contributed by atoms with Crippen LogP contribution >= 0.6 is 0 Å². The zero-order chi connectivity index (χ0) is 14.8. The third kappa shape index (κ3) is 7.62. The van der Waals surface area contributed by atoms with Crippen molar-refractivity contribution in [1.29, 1.82) is 0 Å². The van der Waals surface area contributed by atoms with E-state index in [1.54, 1.807) is 0 Å². The third-order valence-electron chi connectivity index (χ3n) is 4.87. The van der Waals surface area contributed by atoms with Gasteiger partial charge in [0, 0.05) is 25.2 Å². The first-order valence-corrected chi connectivity index (χ1v) is 9.45. The predicted molar refractivity (Wildman–Crippen MR) is 89.8 cm³/mol. The minimum Gasteiger partial charge on any atom is -0.378 e. The molecule has 3 heteroatoms. The smallest absolute Gasteiger partial charge is 0.0634 e. The van der Waals surface area contributed by atoms with Crippen LogP contribution in [0.1, 0.15) is 71.1 Å². The first-order valence-electron chi connectivity index (χ1n) is 9.45. The minimum absolute atomic E-state index is 0.615. The van der Waals surface area contributed by atoms with Gasteiger partial charge in [0.25, 0.3) is 0 Å². The lowest BCUT2D eigenvalue weighted by atomic mass is 10.1. The molecule has 0 aromatic rings. The molecule has 0 spiro atoms. The molecule has 1 unspecified atom stereocenters. The monoisotopic (exact) mass is 296 g/mol. The zero-order valence-corrected chi connectivity index (χ0v) is 14.1. The lowest BCUT2D eigenvalue weighted by molar-refractivity contribution is -0.00753. The number of hydrogen-bond acceptors (Lipinski definition) is 3. The molecular weight excluding hydrogens is 260 g/mol. The fourth-order valence-electron chi connectivity index (χ4n) is 3.21. The summed E-state index contributed by atoms with van der Waals surface area (Å²) in [7, 11) is 0. The number of unbranched alkanes of at least 4 members (excludes halogenated alkanes) is 7. The topological polar surface area (TPSA) is 24.5 Å². The van der Waals surface area contributed by atoms with Crippen molar-refractivity contribution >= 4 is 0 Å². The summed E-state index contributed by atoms with van der Waals surface area (Å²) in [6.45, 7) is 7.68. The number of nitrogens with zero attached hydrogens (tertiary/aromatic N) is 1. The molecule has 0 amide bonds. The van der Waals surface area contributed by atoms with Gasteiger partial charge in [-0.15, -0.1) is 0 Å². The molecule has 1 heterocycles. The van der Waals surface area contributed by atoms with Crippen molar-refractivity contribution in [2.75, 3.05) is 32.8 Å². The van der Waals surface area contributed by atoms with E-state index in [9.17, 15) is 0 Å². The van der Waals surface area contributed by atoms with Gasteiger partial charge in [0.2, 0.25) is 0 Å². The maximum Gasteiger partial charge on any atom is 0.0634 e. The molecule has 21 heavy (non-hydrogen) atoms. The van der Waals surface area contributed by atoms with Crippen LogP contribution in [0, 0.1) is 0 Å². The van der Waals surface area contributed by atoms with Crippen LogP contribution in [-0.2, 0) is 4.74 Å². The van der Waals surface area contributed by atoms with Crippen LogP contribution in [-0.4, -0.2) is 49.8 Å². The largest absolute Gasteiger partial charge is 0.378 e. The second kappa shape index (κ2) is 10.6. The van der Waals surface area contributed by atoms with Crippen molar-refractivity contribution < 1.29 is 4.74 Å². The van der Waals surface area contributed by atoms with E-state index in [1.165, 1.54) is 70.8 Å². The highest BCUT2D eigenvalue weighted by Crippen LogP contribution is 2.19. The van der Waals surface area contributed by atoms with E-state index in [0.29, 0.717) is 6.04 Å². The van der Waals surface area contributed by atoms with E-state index in [2.05, 4.69) is 17.1 Å². The van der Waals surface area contributed by atoms with Crippen LogP contribution in [0.5, 0.6) is 0 Å². The second-order valence-electron chi connectivity index (χ2n) is 6.92. The van der Waals surface area contributed by atoms with Gasteiger partial charge in [0.05, 0.1) is 13.2 Å². The lowest BCUT2D eigenvalue weighted by Crippen LogP contribution is -2.50. The molecule has 2 aliphatic rings. The van der Waals surface area contributed by atoms with Crippen LogP contribution < -0.4 is 5.32 Å². The highest BCUT2D eigenvalue weighted by Gasteiger charge is 2.26. The highest BCUT2D eigenvalue weighted by molar-refractivity contribution is 4.85. The zero-order valence-electron chi connectivity index (χ0n) is 14.1. The fourth-order valence-corrected chi connectivity index (χ4v) is 3.21. The Balaban J connectivity index is 1.48. The Morgan fingerprint density at radius 2 is 1.71 bits per heavy atom. The van der Waals surface area contributed by atoms with Crippen molar-refractivity contribution in [2.45, 2.75) is 83.2 Å². The van der Waals surface area contributed by atoms with E-state index < -0.39 is 0 Å². The minimum atomic E-state index is 0.615. The fraction of sp³-hybridized carbons (Fsp3) is 1.00. The van der Waals surface area contributed by atoms with Crippen LogP contribution in [0.15, 0.2) is 0 Å². The first-order chi connectivity index (χ1) is 10.4. The van der Waals surface area contributed by atoms with Gasteiger partial charge in [-0.2, -0.15) is 0 Å². The maximum atomic E-state index is 5.67. The molecule has 124 valence electrons. The molecule has 0 bridgehead atoms. The van der Waals surface area contributed by atoms with Crippen molar-refractivity contribution in [2.24, 2.45) is 0 Å². The molecule has 3 nitrogen and oxygen atoms in total.